The van der Waals surface area contributed by atoms with Crippen LogP contribution in [0.1, 0.15) is 10.9 Å². The van der Waals surface area contributed by atoms with Crippen molar-refractivity contribution in [1.82, 2.24) is 4.90 Å². The highest BCUT2D eigenvalue weighted by molar-refractivity contribution is 7.99. The summed E-state index contributed by atoms with van der Waals surface area (Å²) in [6.07, 6.45) is -4.75. The summed E-state index contributed by atoms with van der Waals surface area (Å²) in [7, 11) is 0. The Balaban J connectivity index is 1.66. The molecule has 1 unspecified atom stereocenters. The molecule has 0 radical (unpaired) electrons. The van der Waals surface area contributed by atoms with Gasteiger partial charge in [0.25, 0.3) is 0 Å². The molecule has 4 nitrogen and oxygen atoms in total. The average molecular weight is 403 g/mol. The van der Waals surface area contributed by atoms with Gasteiger partial charge in [-0.1, -0.05) is 23.7 Å². The maximum atomic E-state index is 12.5. The van der Waals surface area contributed by atoms with E-state index >= 15 is 0 Å². The van der Waals surface area contributed by atoms with E-state index < -0.39 is 6.36 Å². The van der Waals surface area contributed by atoms with Crippen molar-refractivity contribution < 1.29 is 22.7 Å². The number of anilines is 1. The number of alkyl halides is 3. The molecule has 2 amide bonds. The highest BCUT2D eigenvalue weighted by Crippen LogP contribution is 2.38. The predicted octanol–water partition coefficient (Wildman–Crippen LogP) is 5.52. The van der Waals surface area contributed by atoms with Crippen LogP contribution in [0, 0.1) is 0 Å². The molecule has 0 aromatic heterocycles. The van der Waals surface area contributed by atoms with Crippen LogP contribution >= 0.6 is 23.4 Å². The summed E-state index contributed by atoms with van der Waals surface area (Å²) >= 11 is 7.53. The first-order chi connectivity index (χ1) is 12.3. The standard InChI is InChI=1S/C17H14ClF3N2O2S/c18-12-3-1-11(2-4-12)15-23(9-10-26-15)16(24)22-13-5-7-14(8-6-13)25-17(19,20)21/h1-8,15H,9-10H2,(H,22,24). The smallest absolute Gasteiger partial charge is 0.406 e. The molecule has 1 atom stereocenters. The maximum Gasteiger partial charge on any atom is 0.573 e. The summed E-state index contributed by atoms with van der Waals surface area (Å²) in [5.74, 6) is 0.449. The first-order valence-electron chi connectivity index (χ1n) is 7.62. The Bertz CT molecular complexity index is 769. The van der Waals surface area contributed by atoms with Crippen LogP contribution in [0.25, 0.3) is 0 Å². The molecule has 1 aliphatic rings. The normalized spacial score (nSPS) is 17.2. The Morgan fingerprint density at radius 1 is 1.15 bits per heavy atom. The Labute approximate surface area is 157 Å². The number of carbonyl (C=O) groups excluding carboxylic acids is 1. The van der Waals surface area contributed by atoms with E-state index in [-0.39, 0.29) is 17.2 Å². The lowest BCUT2D eigenvalue weighted by atomic mass is 10.2. The topological polar surface area (TPSA) is 41.6 Å². The Kier molecular flexibility index (Phi) is 5.52. The van der Waals surface area contributed by atoms with Gasteiger partial charge in [0, 0.05) is 23.0 Å². The summed E-state index contributed by atoms with van der Waals surface area (Å²) < 4.78 is 40.3. The number of hydrogen-bond acceptors (Lipinski definition) is 3. The minimum atomic E-state index is -4.75. The number of amides is 2. The van der Waals surface area contributed by atoms with Crippen LogP contribution in [-0.4, -0.2) is 29.6 Å². The molecule has 1 aliphatic heterocycles. The van der Waals surface area contributed by atoms with Gasteiger partial charge in [-0.05, 0) is 42.0 Å². The molecule has 26 heavy (non-hydrogen) atoms. The van der Waals surface area contributed by atoms with Gasteiger partial charge < -0.3 is 15.0 Å². The van der Waals surface area contributed by atoms with E-state index in [1.54, 1.807) is 28.8 Å². The number of ether oxygens (including phenoxy) is 1. The quantitative estimate of drug-likeness (QED) is 0.735. The van der Waals surface area contributed by atoms with Crippen molar-refractivity contribution in [2.75, 3.05) is 17.6 Å². The van der Waals surface area contributed by atoms with Crippen LogP contribution < -0.4 is 10.1 Å². The lowest BCUT2D eigenvalue weighted by molar-refractivity contribution is -0.274. The molecule has 0 spiro atoms. The number of nitrogens with one attached hydrogen (secondary N) is 1. The second-order valence-electron chi connectivity index (χ2n) is 5.47. The number of thioether (sulfide) groups is 1. The van der Waals surface area contributed by atoms with E-state index in [9.17, 15) is 18.0 Å². The lowest BCUT2D eigenvalue weighted by Gasteiger charge is -2.24. The van der Waals surface area contributed by atoms with Gasteiger partial charge in [-0.3, -0.25) is 0 Å². The van der Waals surface area contributed by atoms with Gasteiger partial charge >= 0.3 is 12.4 Å². The van der Waals surface area contributed by atoms with Crippen LogP contribution in [0.15, 0.2) is 48.5 Å². The van der Waals surface area contributed by atoms with E-state index in [0.717, 1.165) is 23.4 Å². The molecular formula is C17H14ClF3N2O2S. The van der Waals surface area contributed by atoms with Crippen molar-refractivity contribution in [3.63, 3.8) is 0 Å². The Morgan fingerprint density at radius 2 is 1.81 bits per heavy atom. The van der Waals surface area contributed by atoms with Crippen LogP contribution in [0.5, 0.6) is 5.75 Å². The van der Waals surface area contributed by atoms with E-state index in [1.807, 2.05) is 12.1 Å². The van der Waals surface area contributed by atoms with Crippen LogP contribution in [0.4, 0.5) is 23.7 Å². The number of halogens is 4. The van der Waals surface area contributed by atoms with Crippen LogP contribution in [0.3, 0.4) is 0 Å². The zero-order chi connectivity index (χ0) is 18.7. The van der Waals surface area contributed by atoms with E-state index in [0.29, 0.717) is 17.3 Å². The van der Waals surface area contributed by atoms with Crippen molar-refractivity contribution in [2.24, 2.45) is 0 Å². The van der Waals surface area contributed by atoms with E-state index in [4.69, 9.17) is 11.6 Å². The zero-order valence-corrected chi connectivity index (χ0v) is 14.9. The predicted molar refractivity (Wildman–Crippen MR) is 95.5 cm³/mol. The van der Waals surface area contributed by atoms with Crippen molar-refractivity contribution in [3.8, 4) is 5.75 Å². The average Bonchev–Trinajstić information content (AvgIpc) is 3.06. The van der Waals surface area contributed by atoms with Gasteiger partial charge in [0.2, 0.25) is 0 Å². The molecular weight excluding hydrogens is 389 g/mol. The number of benzene rings is 2. The minimum absolute atomic E-state index is 0.139. The SMILES string of the molecule is O=C(Nc1ccc(OC(F)(F)F)cc1)N1CCSC1c1ccc(Cl)cc1. The van der Waals surface area contributed by atoms with Gasteiger partial charge in [0.15, 0.2) is 0 Å². The van der Waals surface area contributed by atoms with Gasteiger partial charge in [-0.25, -0.2) is 4.79 Å². The first kappa shape index (κ1) is 18.7. The van der Waals surface area contributed by atoms with Gasteiger partial charge in [-0.2, -0.15) is 0 Å². The van der Waals surface area contributed by atoms with E-state index in [1.165, 1.54) is 12.1 Å². The number of urea groups is 1. The van der Waals surface area contributed by atoms with Gasteiger partial charge in [-0.15, -0.1) is 24.9 Å². The summed E-state index contributed by atoms with van der Waals surface area (Å²) in [5.41, 5.74) is 1.34. The zero-order valence-electron chi connectivity index (χ0n) is 13.3. The molecule has 1 heterocycles. The first-order valence-corrected chi connectivity index (χ1v) is 9.05. The molecule has 0 saturated carbocycles. The molecule has 2 aromatic carbocycles. The summed E-state index contributed by atoms with van der Waals surface area (Å²) in [4.78, 5) is 14.2. The summed E-state index contributed by atoms with van der Waals surface area (Å²) in [6.45, 7) is 0.569. The number of hydrogen-bond donors (Lipinski definition) is 1. The third-order valence-corrected chi connectivity index (χ3v) is 5.16. The summed E-state index contributed by atoms with van der Waals surface area (Å²) in [5, 5.41) is 3.18. The fourth-order valence-corrected chi connectivity index (χ4v) is 3.90. The molecule has 2 aromatic rings. The van der Waals surface area contributed by atoms with Crippen LogP contribution in [-0.2, 0) is 0 Å². The molecule has 0 aliphatic carbocycles. The third kappa shape index (κ3) is 4.76. The number of nitrogens with zero attached hydrogens (tertiary/aromatic N) is 1. The molecule has 1 N–H and O–H groups in total. The molecule has 3 rings (SSSR count). The minimum Gasteiger partial charge on any atom is -0.406 e. The Hall–Kier alpha value is -2.06. The molecule has 0 bridgehead atoms. The largest absolute Gasteiger partial charge is 0.573 e. The van der Waals surface area contributed by atoms with Crippen molar-refractivity contribution in [1.29, 1.82) is 0 Å². The van der Waals surface area contributed by atoms with Crippen molar-refractivity contribution >= 4 is 35.1 Å². The van der Waals surface area contributed by atoms with Crippen molar-refractivity contribution in [2.45, 2.75) is 11.7 Å². The van der Waals surface area contributed by atoms with Gasteiger partial charge in [0.1, 0.15) is 11.1 Å². The number of rotatable bonds is 3. The second kappa shape index (κ2) is 7.67. The lowest BCUT2D eigenvalue weighted by Crippen LogP contribution is -2.34. The highest BCUT2D eigenvalue weighted by atomic mass is 35.5. The Morgan fingerprint density at radius 3 is 2.42 bits per heavy atom. The van der Waals surface area contributed by atoms with Crippen molar-refractivity contribution in [3.05, 3.63) is 59.1 Å². The molecule has 138 valence electrons. The van der Waals surface area contributed by atoms with E-state index in [2.05, 4.69) is 10.1 Å². The highest BCUT2D eigenvalue weighted by Gasteiger charge is 2.32. The fraction of sp³-hybridized carbons (Fsp3) is 0.235. The second-order valence-corrected chi connectivity index (χ2v) is 7.09. The third-order valence-electron chi connectivity index (χ3n) is 3.65. The van der Waals surface area contributed by atoms with Crippen LogP contribution in [0.2, 0.25) is 5.02 Å². The molecule has 9 heteroatoms. The van der Waals surface area contributed by atoms with Gasteiger partial charge in [0.05, 0.1) is 0 Å². The molecule has 1 saturated heterocycles. The molecule has 1 fully saturated rings. The monoisotopic (exact) mass is 402 g/mol. The fourth-order valence-electron chi connectivity index (χ4n) is 2.52. The maximum absolute atomic E-state index is 12.5. The summed E-state index contributed by atoms with van der Waals surface area (Å²) in [6, 6.07) is 12.0. The number of carbonyl (C=O) groups is 1.